The van der Waals surface area contributed by atoms with Gasteiger partial charge in [-0.15, -0.1) is 0 Å². The summed E-state index contributed by atoms with van der Waals surface area (Å²) in [6, 6.07) is 3.45. The smallest absolute Gasteiger partial charge is 0.257 e. The minimum atomic E-state index is -0.410. The van der Waals surface area contributed by atoms with E-state index in [2.05, 4.69) is 0 Å². The van der Waals surface area contributed by atoms with Crippen LogP contribution in [0, 0.1) is 12.3 Å². The number of carbonyl (C=O) groups is 2. The SMILES string of the molecule is COc1cc(C)c(Cl)cc1C(=O)N1CCCN(C(=O)C(C)(C)C)CC1. The highest BCUT2D eigenvalue weighted by Gasteiger charge is 2.30. The van der Waals surface area contributed by atoms with E-state index in [1.807, 2.05) is 32.6 Å². The summed E-state index contributed by atoms with van der Waals surface area (Å²) in [5.74, 6) is 0.542. The lowest BCUT2D eigenvalue weighted by atomic mass is 9.94. The Morgan fingerprint density at radius 3 is 2.28 bits per heavy atom. The Balaban J connectivity index is 2.17. The number of aryl methyl sites for hydroxylation is 1. The number of carbonyl (C=O) groups excluding carboxylic acids is 2. The Hall–Kier alpha value is -1.75. The minimum absolute atomic E-state index is 0.108. The van der Waals surface area contributed by atoms with Crippen molar-refractivity contribution in [2.24, 2.45) is 5.41 Å². The van der Waals surface area contributed by atoms with Gasteiger partial charge in [-0.25, -0.2) is 0 Å². The second kappa shape index (κ2) is 7.65. The Morgan fingerprint density at radius 1 is 1.08 bits per heavy atom. The maximum atomic E-state index is 13.0. The largest absolute Gasteiger partial charge is 0.496 e. The fraction of sp³-hybridized carbons (Fsp3) is 0.579. The molecule has 1 heterocycles. The van der Waals surface area contributed by atoms with Crippen LogP contribution in [0.2, 0.25) is 5.02 Å². The van der Waals surface area contributed by atoms with E-state index in [0.29, 0.717) is 42.5 Å². The maximum Gasteiger partial charge on any atom is 0.257 e. The van der Waals surface area contributed by atoms with E-state index in [-0.39, 0.29) is 11.8 Å². The van der Waals surface area contributed by atoms with Gasteiger partial charge in [-0.3, -0.25) is 9.59 Å². The Bertz CT molecular complexity index is 667. The van der Waals surface area contributed by atoms with E-state index in [4.69, 9.17) is 16.3 Å². The number of ether oxygens (including phenoxy) is 1. The van der Waals surface area contributed by atoms with E-state index < -0.39 is 5.41 Å². The second-order valence-electron chi connectivity index (χ2n) is 7.49. The van der Waals surface area contributed by atoms with Gasteiger partial charge in [0.2, 0.25) is 5.91 Å². The van der Waals surface area contributed by atoms with Crippen molar-refractivity contribution in [3.63, 3.8) is 0 Å². The van der Waals surface area contributed by atoms with Gasteiger partial charge in [0, 0.05) is 36.6 Å². The van der Waals surface area contributed by atoms with Crippen LogP contribution in [0.4, 0.5) is 0 Å². The lowest BCUT2D eigenvalue weighted by Gasteiger charge is -2.28. The minimum Gasteiger partial charge on any atom is -0.496 e. The first kappa shape index (κ1) is 19.6. The van der Waals surface area contributed by atoms with Crippen LogP contribution in [0.1, 0.15) is 43.1 Å². The van der Waals surface area contributed by atoms with Gasteiger partial charge in [0.1, 0.15) is 5.75 Å². The number of methoxy groups -OCH3 is 1. The van der Waals surface area contributed by atoms with E-state index >= 15 is 0 Å². The third-order valence-electron chi connectivity index (χ3n) is 4.42. The highest BCUT2D eigenvalue weighted by atomic mass is 35.5. The lowest BCUT2D eigenvalue weighted by molar-refractivity contribution is -0.139. The van der Waals surface area contributed by atoms with Crippen molar-refractivity contribution in [1.82, 2.24) is 9.80 Å². The quantitative estimate of drug-likeness (QED) is 0.806. The molecule has 0 aromatic heterocycles. The van der Waals surface area contributed by atoms with Crippen molar-refractivity contribution in [3.05, 3.63) is 28.3 Å². The molecule has 6 heteroatoms. The van der Waals surface area contributed by atoms with Crippen LogP contribution in [0.3, 0.4) is 0 Å². The zero-order valence-electron chi connectivity index (χ0n) is 15.7. The molecule has 0 saturated carbocycles. The Morgan fingerprint density at radius 2 is 1.68 bits per heavy atom. The van der Waals surface area contributed by atoms with Crippen LogP contribution >= 0.6 is 11.6 Å². The molecule has 25 heavy (non-hydrogen) atoms. The summed E-state index contributed by atoms with van der Waals surface area (Å²) in [6.45, 7) is 9.97. The number of halogens is 1. The average Bonchev–Trinajstić information content (AvgIpc) is 2.80. The predicted octanol–water partition coefficient (Wildman–Crippen LogP) is 3.38. The van der Waals surface area contributed by atoms with Crippen LogP contribution < -0.4 is 4.74 Å². The highest BCUT2D eigenvalue weighted by Crippen LogP contribution is 2.28. The molecule has 0 N–H and O–H groups in total. The number of hydrogen-bond acceptors (Lipinski definition) is 3. The van der Waals surface area contributed by atoms with Crippen molar-refractivity contribution < 1.29 is 14.3 Å². The number of amides is 2. The van der Waals surface area contributed by atoms with Crippen molar-refractivity contribution in [1.29, 1.82) is 0 Å². The average molecular weight is 367 g/mol. The van der Waals surface area contributed by atoms with Gasteiger partial charge in [0.05, 0.1) is 12.7 Å². The molecular weight excluding hydrogens is 340 g/mol. The summed E-state index contributed by atoms with van der Waals surface area (Å²) in [6.07, 6.45) is 0.759. The molecule has 1 aliphatic heterocycles. The normalized spacial score (nSPS) is 15.8. The summed E-state index contributed by atoms with van der Waals surface area (Å²) >= 11 is 6.19. The van der Waals surface area contributed by atoms with Gasteiger partial charge in [-0.05, 0) is 31.0 Å². The summed E-state index contributed by atoms with van der Waals surface area (Å²) in [5.41, 5.74) is 0.925. The molecule has 1 fully saturated rings. The Kier molecular flexibility index (Phi) is 5.99. The van der Waals surface area contributed by atoms with Gasteiger partial charge < -0.3 is 14.5 Å². The van der Waals surface area contributed by atoms with Gasteiger partial charge in [0.25, 0.3) is 5.91 Å². The van der Waals surface area contributed by atoms with E-state index in [9.17, 15) is 9.59 Å². The lowest BCUT2D eigenvalue weighted by Crippen LogP contribution is -2.42. The van der Waals surface area contributed by atoms with Gasteiger partial charge in [0.15, 0.2) is 0 Å². The molecule has 1 aromatic rings. The number of hydrogen-bond donors (Lipinski definition) is 0. The molecule has 1 aromatic carbocycles. The molecule has 138 valence electrons. The number of rotatable bonds is 2. The molecule has 0 aliphatic carbocycles. The standard InChI is InChI=1S/C19H27ClN2O3/c1-13-11-16(25-5)14(12-15(13)20)17(23)21-7-6-8-22(10-9-21)18(24)19(2,3)4/h11-12H,6-10H2,1-5H3. The summed E-state index contributed by atoms with van der Waals surface area (Å²) in [7, 11) is 1.55. The van der Waals surface area contributed by atoms with Crippen LogP contribution in [-0.2, 0) is 4.79 Å². The van der Waals surface area contributed by atoms with E-state index in [0.717, 1.165) is 12.0 Å². The predicted molar refractivity (Wildman–Crippen MR) is 99.3 cm³/mol. The zero-order chi connectivity index (χ0) is 18.8. The summed E-state index contributed by atoms with van der Waals surface area (Å²) in [5, 5.41) is 0.545. The van der Waals surface area contributed by atoms with Gasteiger partial charge >= 0.3 is 0 Å². The van der Waals surface area contributed by atoms with Gasteiger partial charge in [-0.2, -0.15) is 0 Å². The molecule has 0 radical (unpaired) electrons. The topological polar surface area (TPSA) is 49.9 Å². The fourth-order valence-electron chi connectivity index (χ4n) is 2.96. The number of nitrogens with zero attached hydrogens (tertiary/aromatic N) is 2. The van der Waals surface area contributed by atoms with Crippen LogP contribution in [0.15, 0.2) is 12.1 Å². The van der Waals surface area contributed by atoms with Crippen LogP contribution in [0.5, 0.6) is 5.75 Å². The first-order valence-corrected chi connectivity index (χ1v) is 8.95. The van der Waals surface area contributed by atoms with Crippen molar-refractivity contribution in [3.8, 4) is 5.75 Å². The highest BCUT2D eigenvalue weighted by molar-refractivity contribution is 6.31. The molecule has 1 aliphatic rings. The second-order valence-corrected chi connectivity index (χ2v) is 7.90. The molecule has 2 amide bonds. The monoisotopic (exact) mass is 366 g/mol. The first-order chi connectivity index (χ1) is 11.6. The van der Waals surface area contributed by atoms with Crippen molar-refractivity contribution in [2.45, 2.75) is 34.1 Å². The zero-order valence-corrected chi connectivity index (χ0v) is 16.4. The van der Waals surface area contributed by atoms with Crippen molar-refractivity contribution >= 4 is 23.4 Å². The molecule has 0 unspecified atom stereocenters. The molecular formula is C19H27ClN2O3. The molecule has 5 nitrogen and oxygen atoms in total. The maximum absolute atomic E-state index is 13.0. The first-order valence-electron chi connectivity index (χ1n) is 8.58. The molecule has 0 bridgehead atoms. The van der Waals surface area contributed by atoms with Gasteiger partial charge in [-0.1, -0.05) is 32.4 Å². The van der Waals surface area contributed by atoms with Crippen LogP contribution in [-0.4, -0.2) is 54.9 Å². The molecule has 0 atom stereocenters. The third kappa shape index (κ3) is 4.46. The van der Waals surface area contributed by atoms with E-state index in [1.165, 1.54) is 0 Å². The van der Waals surface area contributed by atoms with Crippen molar-refractivity contribution in [2.75, 3.05) is 33.3 Å². The van der Waals surface area contributed by atoms with E-state index in [1.54, 1.807) is 24.1 Å². The molecule has 2 rings (SSSR count). The molecule has 1 saturated heterocycles. The molecule has 0 spiro atoms. The number of benzene rings is 1. The van der Waals surface area contributed by atoms with Crippen LogP contribution in [0.25, 0.3) is 0 Å². The summed E-state index contributed by atoms with van der Waals surface area (Å²) in [4.78, 5) is 29.1. The third-order valence-corrected chi connectivity index (χ3v) is 4.83. The summed E-state index contributed by atoms with van der Waals surface area (Å²) < 4.78 is 5.36. The fourth-order valence-corrected chi connectivity index (χ4v) is 3.12. The Labute approximate surface area is 154 Å².